The Morgan fingerprint density at radius 2 is 0.771 bits per heavy atom. The van der Waals surface area contributed by atoms with Crippen LogP contribution < -0.4 is 0 Å². The van der Waals surface area contributed by atoms with Crippen molar-refractivity contribution in [2.75, 3.05) is 0 Å². The van der Waals surface area contributed by atoms with Gasteiger partial charge in [-0.2, -0.15) is 20.4 Å². The Morgan fingerprint density at radius 1 is 0.458 bits per heavy atom. The Kier molecular flexibility index (Phi) is 9.26. The highest BCUT2D eigenvalue weighted by atomic mass is 15.4. The van der Waals surface area contributed by atoms with Crippen molar-refractivity contribution in [1.82, 2.24) is 58.9 Å². The molecule has 6 aromatic rings. The molecule has 0 saturated carbocycles. The maximum absolute atomic E-state index is 5.04. The highest BCUT2D eigenvalue weighted by molar-refractivity contribution is 5.15. The third-order valence-corrected chi connectivity index (χ3v) is 8.94. The highest BCUT2D eigenvalue weighted by Gasteiger charge is 2.18. The highest BCUT2D eigenvalue weighted by Crippen LogP contribution is 2.18. The second-order valence-corrected chi connectivity index (χ2v) is 12.9. The minimum absolute atomic E-state index is 0.697. The summed E-state index contributed by atoms with van der Waals surface area (Å²) in [4.78, 5) is 14.0. The van der Waals surface area contributed by atoms with Crippen LogP contribution in [0.5, 0.6) is 0 Å². The van der Waals surface area contributed by atoms with Crippen LogP contribution in [0.25, 0.3) is 0 Å². The van der Waals surface area contributed by atoms with Crippen molar-refractivity contribution in [3.63, 3.8) is 0 Å². The van der Waals surface area contributed by atoms with E-state index in [0.717, 1.165) is 83.1 Å². The summed E-state index contributed by atoms with van der Waals surface area (Å²) in [6, 6.07) is 20.9. The van der Waals surface area contributed by atoms with E-state index in [1.54, 1.807) is 0 Å². The maximum atomic E-state index is 5.04. The van der Waals surface area contributed by atoms with Gasteiger partial charge in [0.05, 0.1) is 60.3 Å². The van der Waals surface area contributed by atoms with Crippen LogP contribution in [-0.4, -0.2) is 58.9 Å². The second kappa shape index (κ2) is 14.0. The molecule has 0 amide bonds. The molecule has 0 aliphatic carbocycles. The lowest BCUT2D eigenvalue weighted by atomic mass is 10.2. The quantitative estimate of drug-likeness (QED) is 0.274. The van der Waals surface area contributed by atoms with Gasteiger partial charge < -0.3 is 0 Å². The number of pyridine rings is 2. The van der Waals surface area contributed by atoms with Gasteiger partial charge in [-0.05, 0) is 76.2 Å². The minimum atomic E-state index is 0.697. The molecule has 1 aliphatic heterocycles. The molecule has 0 fully saturated rings. The molecule has 0 spiro atoms. The van der Waals surface area contributed by atoms with Crippen molar-refractivity contribution in [3.05, 3.63) is 130 Å². The topological polar surface area (TPSA) is 104 Å². The lowest BCUT2D eigenvalue weighted by Crippen LogP contribution is -2.24. The smallest absolute Gasteiger partial charge is 0.0767 e. The Morgan fingerprint density at radius 3 is 1.04 bits per heavy atom. The number of hydrogen-bond donors (Lipinski definition) is 0. The Hall–Kier alpha value is -4.94. The largest absolute Gasteiger partial charge is 0.286 e. The van der Waals surface area contributed by atoms with Crippen LogP contribution >= 0.6 is 0 Å². The first-order valence-corrected chi connectivity index (χ1v) is 16.7. The number of hydrogen-bond acceptors (Lipinski definition) is 8. The summed E-state index contributed by atoms with van der Waals surface area (Å²) < 4.78 is 8.41. The van der Waals surface area contributed by atoms with Crippen LogP contribution in [0.3, 0.4) is 0 Å². The van der Waals surface area contributed by atoms with Gasteiger partial charge in [-0.25, -0.2) is 0 Å². The monoisotopic (exact) mass is 644 g/mol. The predicted octanol–water partition coefficient (Wildman–Crippen LogP) is 4.61. The molecule has 0 atom stereocenters. The van der Waals surface area contributed by atoms with Crippen LogP contribution in [-0.2, 0) is 65.4 Å². The number of nitrogens with zero attached hydrogens (tertiary/aromatic N) is 12. The molecule has 0 radical (unpaired) electrons. The van der Waals surface area contributed by atoms with Crippen LogP contribution in [0.2, 0.25) is 0 Å². The molecule has 0 saturated heterocycles. The fourth-order valence-corrected chi connectivity index (χ4v) is 6.60. The number of rotatable bonds is 4. The van der Waals surface area contributed by atoms with Gasteiger partial charge >= 0.3 is 0 Å². The molecule has 248 valence electrons. The molecular weight excluding hydrogens is 600 g/mol. The van der Waals surface area contributed by atoms with Gasteiger partial charge in [0.1, 0.15) is 0 Å². The van der Waals surface area contributed by atoms with E-state index in [1.165, 1.54) is 0 Å². The van der Waals surface area contributed by atoms with Gasteiger partial charge in [0.15, 0.2) is 0 Å². The fourth-order valence-electron chi connectivity index (χ4n) is 6.60. The normalized spacial score (nSPS) is 15.2. The Balaban J connectivity index is 1.20. The minimum Gasteiger partial charge on any atom is -0.286 e. The first-order chi connectivity index (χ1) is 23.3. The molecule has 1 aliphatic rings. The summed E-state index contributed by atoms with van der Waals surface area (Å²) in [6.07, 6.45) is 3.71. The summed E-state index contributed by atoms with van der Waals surface area (Å²) >= 11 is 0. The molecule has 0 unspecified atom stereocenters. The van der Waals surface area contributed by atoms with Crippen LogP contribution in [0.4, 0.5) is 0 Å². The predicted molar refractivity (Wildman–Crippen MR) is 182 cm³/mol. The van der Waals surface area contributed by atoms with E-state index >= 15 is 0 Å². The molecule has 0 N–H and O–H groups in total. The first kappa shape index (κ1) is 31.6. The summed E-state index contributed by atoms with van der Waals surface area (Å²) in [7, 11) is 0. The average Bonchev–Trinajstić information content (AvgIpc) is 3.80. The zero-order valence-corrected chi connectivity index (χ0v) is 28.4. The summed E-state index contributed by atoms with van der Waals surface area (Å²) in [5, 5.41) is 20.2. The third kappa shape index (κ3) is 7.61. The lowest BCUT2D eigenvalue weighted by molar-refractivity contribution is 0.235. The summed E-state index contributed by atoms with van der Waals surface area (Å²) in [5.74, 6) is 0. The SMILES string of the molecule is Cc1cc2nn1CCn1nc(cc1C)CN(Cc1ccccn1)Cc1cc(C)n(n1)CCn1nc(cc1C)CN(Cc1ccccn1)C2. The van der Waals surface area contributed by atoms with Gasteiger partial charge in [0.2, 0.25) is 0 Å². The van der Waals surface area contributed by atoms with E-state index in [-0.39, 0.29) is 0 Å². The van der Waals surface area contributed by atoms with Gasteiger partial charge in [0, 0.05) is 74.4 Å². The van der Waals surface area contributed by atoms with Crippen molar-refractivity contribution in [2.45, 2.75) is 93.1 Å². The van der Waals surface area contributed by atoms with Crippen molar-refractivity contribution >= 4 is 0 Å². The van der Waals surface area contributed by atoms with Crippen molar-refractivity contribution in [3.8, 4) is 0 Å². The molecular formula is C36H44N12. The zero-order chi connectivity index (χ0) is 33.0. The van der Waals surface area contributed by atoms with Crippen LogP contribution in [0, 0.1) is 27.7 Å². The average molecular weight is 645 g/mol. The van der Waals surface area contributed by atoms with Crippen LogP contribution in [0.15, 0.2) is 73.1 Å². The zero-order valence-electron chi connectivity index (χ0n) is 28.4. The van der Waals surface area contributed by atoms with Gasteiger partial charge in [-0.3, -0.25) is 38.5 Å². The van der Waals surface area contributed by atoms with Crippen molar-refractivity contribution in [1.29, 1.82) is 0 Å². The van der Waals surface area contributed by atoms with Gasteiger partial charge in [-0.1, -0.05) is 12.1 Å². The van der Waals surface area contributed by atoms with Crippen molar-refractivity contribution < 1.29 is 0 Å². The van der Waals surface area contributed by atoms with Gasteiger partial charge in [0.25, 0.3) is 0 Å². The van der Waals surface area contributed by atoms with Crippen LogP contribution in [0.1, 0.15) is 56.9 Å². The van der Waals surface area contributed by atoms with E-state index < -0.39 is 0 Å². The molecule has 48 heavy (non-hydrogen) atoms. The molecule has 12 heteroatoms. The Bertz CT molecular complexity index is 1710. The third-order valence-electron chi connectivity index (χ3n) is 8.94. The van der Waals surface area contributed by atoms with E-state index in [1.807, 2.05) is 36.7 Å². The number of aromatic nitrogens is 10. The summed E-state index contributed by atoms with van der Waals surface area (Å²) in [5.41, 5.74) is 10.8. The standard InChI is InChI=1S/C36H44N12/c1-27-17-33-23-43(21-31-9-5-7-11-37-31)24-34-19-29(3)47(41-34)15-16-48-30(4)20-36(42-48)26-44(22-32-10-6-8-12-38-32)25-35-18-28(2)46(40-35)14-13-45(27)39-33/h5-12,17-20H,13-16,21-26H2,1-4H3. The molecule has 12 nitrogen and oxygen atoms in total. The molecule has 7 rings (SSSR count). The molecule has 8 bridgehead atoms. The maximum Gasteiger partial charge on any atom is 0.0767 e. The second-order valence-electron chi connectivity index (χ2n) is 12.9. The molecule has 6 aromatic heterocycles. The van der Waals surface area contributed by atoms with E-state index in [0.29, 0.717) is 39.3 Å². The Labute approximate surface area is 281 Å². The van der Waals surface area contributed by atoms with Crippen molar-refractivity contribution in [2.24, 2.45) is 0 Å². The van der Waals surface area contributed by atoms with E-state index in [2.05, 4.69) is 103 Å². The van der Waals surface area contributed by atoms with E-state index in [4.69, 9.17) is 20.4 Å². The molecule has 0 aromatic carbocycles. The number of fused-ring (bicyclic) bond motifs is 8. The number of aryl methyl sites for hydroxylation is 8. The summed E-state index contributed by atoms with van der Waals surface area (Å²) in [6.45, 7) is 15.7. The first-order valence-electron chi connectivity index (χ1n) is 16.7. The van der Waals surface area contributed by atoms with Gasteiger partial charge in [-0.15, -0.1) is 0 Å². The molecule has 7 heterocycles. The fraction of sp³-hybridized carbons (Fsp3) is 0.389. The van der Waals surface area contributed by atoms with E-state index in [9.17, 15) is 0 Å². The lowest BCUT2D eigenvalue weighted by Gasteiger charge is -2.20.